The van der Waals surface area contributed by atoms with Gasteiger partial charge in [-0.2, -0.15) is 0 Å². The molecule has 24 heavy (non-hydrogen) atoms. The molecule has 0 aliphatic carbocycles. The fourth-order valence-electron chi connectivity index (χ4n) is 2.72. The summed E-state index contributed by atoms with van der Waals surface area (Å²) in [5.41, 5.74) is 0.0837. The maximum Gasteiger partial charge on any atom is 0.287 e. The molecule has 1 aliphatic heterocycles. The SMILES string of the molecule is O=C(NC1CCN(C(=O)c2ccccc2F)CC1)c1ccc(Br)o1. The Balaban J connectivity index is 1.55. The molecular weight excluding hydrogens is 379 g/mol. The van der Waals surface area contributed by atoms with Gasteiger partial charge in [0.05, 0.1) is 5.56 Å². The number of nitrogens with zero attached hydrogens (tertiary/aromatic N) is 1. The zero-order chi connectivity index (χ0) is 17.1. The van der Waals surface area contributed by atoms with Crippen LogP contribution < -0.4 is 5.32 Å². The summed E-state index contributed by atoms with van der Waals surface area (Å²) in [6, 6.07) is 9.18. The molecule has 7 heteroatoms. The Hall–Kier alpha value is -2.15. The number of nitrogens with one attached hydrogen (secondary N) is 1. The van der Waals surface area contributed by atoms with Crippen LogP contribution in [0, 0.1) is 5.82 Å². The van der Waals surface area contributed by atoms with Crippen molar-refractivity contribution >= 4 is 27.7 Å². The van der Waals surface area contributed by atoms with Crippen molar-refractivity contribution < 1.29 is 18.4 Å². The lowest BCUT2D eigenvalue weighted by Crippen LogP contribution is -2.46. The minimum absolute atomic E-state index is 0.0361. The highest BCUT2D eigenvalue weighted by molar-refractivity contribution is 9.10. The smallest absolute Gasteiger partial charge is 0.287 e. The number of carbonyl (C=O) groups excluding carboxylic acids is 2. The zero-order valence-electron chi connectivity index (χ0n) is 12.8. The largest absolute Gasteiger partial charge is 0.444 e. The van der Waals surface area contributed by atoms with Crippen molar-refractivity contribution in [2.24, 2.45) is 0 Å². The molecule has 1 aliphatic rings. The molecule has 0 saturated carbocycles. The van der Waals surface area contributed by atoms with Gasteiger partial charge in [-0.3, -0.25) is 9.59 Å². The molecule has 1 aromatic heterocycles. The summed E-state index contributed by atoms with van der Waals surface area (Å²) in [4.78, 5) is 26.0. The fraction of sp³-hybridized carbons (Fsp3) is 0.294. The topological polar surface area (TPSA) is 62.6 Å². The number of likely N-dealkylation sites (tertiary alicyclic amines) is 1. The minimum Gasteiger partial charge on any atom is -0.444 e. The van der Waals surface area contributed by atoms with E-state index in [0.29, 0.717) is 30.6 Å². The van der Waals surface area contributed by atoms with Gasteiger partial charge in [0, 0.05) is 19.1 Å². The minimum atomic E-state index is -0.513. The van der Waals surface area contributed by atoms with Crippen LogP contribution in [0.5, 0.6) is 0 Å². The molecule has 0 atom stereocenters. The van der Waals surface area contributed by atoms with E-state index >= 15 is 0 Å². The molecule has 2 amide bonds. The Morgan fingerprint density at radius 3 is 2.50 bits per heavy atom. The van der Waals surface area contributed by atoms with Crippen LogP contribution >= 0.6 is 15.9 Å². The summed E-state index contributed by atoms with van der Waals surface area (Å²) in [6.07, 6.45) is 1.24. The highest BCUT2D eigenvalue weighted by Crippen LogP contribution is 2.18. The Morgan fingerprint density at radius 1 is 1.17 bits per heavy atom. The maximum atomic E-state index is 13.7. The van der Waals surface area contributed by atoms with Gasteiger partial charge in [-0.25, -0.2) is 4.39 Å². The molecule has 0 bridgehead atoms. The summed E-state index contributed by atoms with van der Waals surface area (Å²) in [5.74, 6) is -0.861. The normalized spacial score (nSPS) is 15.3. The highest BCUT2D eigenvalue weighted by atomic mass is 79.9. The van der Waals surface area contributed by atoms with Crippen LogP contribution in [0.15, 0.2) is 45.5 Å². The molecule has 1 N–H and O–H groups in total. The summed E-state index contributed by atoms with van der Waals surface area (Å²) >= 11 is 3.16. The number of amides is 2. The predicted molar refractivity (Wildman–Crippen MR) is 89.2 cm³/mol. The van der Waals surface area contributed by atoms with Gasteiger partial charge in [-0.15, -0.1) is 0 Å². The first kappa shape index (κ1) is 16.7. The first-order valence-corrected chi connectivity index (χ1v) is 8.44. The third-order valence-electron chi connectivity index (χ3n) is 4.02. The monoisotopic (exact) mass is 394 g/mol. The summed E-state index contributed by atoms with van der Waals surface area (Å²) < 4.78 is 19.4. The van der Waals surface area contributed by atoms with Crippen LogP contribution in [-0.2, 0) is 0 Å². The molecule has 2 aromatic rings. The molecule has 0 spiro atoms. The number of carbonyl (C=O) groups is 2. The van der Waals surface area contributed by atoms with E-state index in [9.17, 15) is 14.0 Å². The van der Waals surface area contributed by atoms with Gasteiger partial charge < -0.3 is 14.6 Å². The summed E-state index contributed by atoms with van der Waals surface area (Å²) in [6.45, 7) is 0.944. The Morgan fingerprint density at radius 2 is 1.88 bits per heavy atom. The molecule has 2 heterocycles. The number of rotatable bonds is 3. The molecule has 3 rings (SSSR count). The van der Waals surface area contributed by atoms with Crippen LogP contribution in [0.25, 0.3) is 0 Å². The van der Waals surface area contributed by atoms with Crippen molar-refractivity contribution in [3.63, 3.8) is 0 Å². The zero-order valence-corrected chi connectivity index (χ0v) is 14.4. The lowest BCUT2D eigenvalue weighted by molar-refractivity contribution is 0.0691. The first-order chi connectivity index (χ1) is 11.5. The number of furan rings is 1. The van der Waals surface area contributed by atoms with Gasteiger partial charge in [0.25, 0.3) is 11.8 Å². The van der Waals surface area contributed by atoms with Gasteiger partial charge in [0.15, 0.2) is 10.4 Å². The van der Waals surface area contributed by atoms with E-state index in [1.807, 2.05) is 0 Å². The average Bonchev–Trinajstić information content (AvgIpc) is 3.02. The van der Waals surface area contributed by atoms with Crippen LogP contribution in [0.4, 0.5) is 4.39 Å². The summed E-state index contributed by atoms with van der Waals surface area (Å²) in [5, 5.41) is 2.89. The standard InChI is InChI=1S/C17H16BrFN2O3/c18-15-6-5-14(24-15)16(22)20-11-7-9-21(10-8-11)17(23)12-3-1-2-4-13(12)19/h1-6,11H,7-10H2,(H,20,22). The van der Waals surface area contributed by atoms with Crippen molar-refractivity contribution in [1.29, 1.82) is 0 Å². The van der Waals surface area contributed by atoms with Crippen molar-refractivity contribution in [2.45, 2.75) is 18.9 Å². The Labute approximate surface area is 146 Å². The predicted octanol–water partition coefficient (Wildman–Crippen LogP) is 3.22. The average molecular weight is 395 g/mol. The summed E-state index contributed by atoms with van der Waals surface area (Å²) in [7, 11) is 0. The van der Waals surface area contributed by atoms with Crippen molar-refractivity contribution in [3.05, 3.63) is 58.2 Å². The Kier molecular flexibility index (Phi) is 4.99. The molecule has 0 radical (unpaired) electrons. The second kappa shape index (κ2) is 7.17. The van der Waals surface area contributed by atoms with Gasteiger partial charge >= 0.3 is 0 Å². The molecule has 1 fully saturated rings. The quantitative estimate of drug-likeness (QED) is 0.868. The second-order valence-corrected chi connectivity index (χ2v) is 6.41. The maximum absolute atomic E-state index is 13.7. The third kappa shape index (κ3) is 3.67. The van der Waals surface area contributed by atoms with Gasteiger partial charge in [0.2, 0.25) is 0 Å². The molecule has 126 valence electrons. The van der Waals surface area contributed by atoms with E-state index in [1.165, 1.54) is 12.1 Å². The fourth-order valence-corrected chi connectivity index (χ4v) is 3.03. The number of piperidine rings is 1. The van der Waals surface area contributed by atoms with Crippen molar-refractivity contribution in [1.82, 2.24) is 10.2 Å². The highest BCUT2D eigenvalue weighted by Gasteiger charge is 2.26. The van der Waals surface area contributed by atoms with Gasteiger partial charge in [0.1, 0.15) is 5.82 Å². The molecule has 1 aromatic carbocycles. The van der Waals surface area contributed by atoms with E-state index in [0.717, 1.165) is 0 Å². The number of hydrogen-bond donors (Lipinski definition) is 1. The molecule has 0 unspecified atom stereocenters. The van der Waals surface area contributed by atoms with E-state index in [-0.39, 0.29) is 29.2 Å². The van der Waals surface area contributed by atoms with E-state index in [2.05, 4.69) is 21.2 Å². The Bertz CT molecular complexity index is 754. The van der Waals surface area contributed by atoms with Crippen molar-refractivity contribution in [2.75, 3.05) is 13.1 Å². The molecular formula is C17H16BrFN2O3. The molecule has 5 nitrogen and oxygen atoms in total. The number of halogens is 2. The van der Waals surface area contributed by atoms with Crippen LogP contribution in [0.3, 0.4) is 0 Å². The lowest BCUT2D eigenvalue weighted by atomic mass is 10.0. The second-order valence-electron chi connectivity index (χ2n) is 5.62. The van der Waals surface area contributed by atoms with E-state index in [1.54, 1.807) is 29.2 Å². The van der Waals surface area contributed by atoms with Crippen LogP contribution in [0.2, 0.25) is 0 Å². The van der Waals surface area contributed by atoms with E-state index < -0.39 is 5.82 Å². The van der Waals surface area contributed by atoms with Gasteiger partial charge in [-0.05, 0) is 53.0 Å². The van der Waals surface area contributed by atoms with Crippen LogP contribution in [-0.4, -0.2) is 35.8 Å². The number of benzene rings is 1. The first-order valence-electron chi connectivity index (χ1n) is 7.64. The van der Waals surface area contributed by atoms with Crippen LogP contribution in [0.1, 0.15) is 33.8 Å². The lowest BCUT2D eigenvalue weighted by Gasteiger charge is -2.32. The molecule has 1 saturated heterocycles. The number of hydrogen-bond acceptors (Lipinski definition) is 3. The van der Waals surface area contributed by atoms with E-state index in [4.69, 9.17) is 4.42 Å². The van der Waals surface area contributed by atoms with Gasteiger partial charge in [-0.1, -0.05) is 12.1 Å². The van der Waals surface area contributed by atoms with Crippen molar-refractivity contribution in [3.8, 4) is 0 Å². The third-order valence-corrected chi connectivity index (χ3v) is 4.44.